The summed E-state index contributed by atoms with van der Waals surface area (Å²) in [6, 6.07) is 13.8. The average Bonchev–Trinajstić information content (AvgIpc) is 2.54. The Morgan fingerprint density at radius 1 is 1.14 bits per heavy atom. The van der Waals surface area contributed by atoms with Crippen LogP contribution in [0.1, 0.15) is 11.7 Å². The van der Waals surface area contributed by atoms with Gasteiger partial charge in [-0.25, -0.2) is 0 Å². The van der Waals surface area contributed by atoms with E-state index in [1.54, 1.807) is 30.3 Å². The van der Waals surface area contributed by atoms with E-state index in [2.05, 4.69) is 15.9 Å². The molecule has 0 radical (unpaired) electrons. The Kier molecular flexibility index (Phi) is 5.24. The first kappa shape index (κ1) is 16.1. The highest BCUT2D eigenvalue weighted by Crippen LogP contribution is 2.26. The van der Waals surface area contributed by atoms with Gasteiger partial charge >= 0.3 is 5.97 Å². The molecule has 2 atom stereocenters. The van der Waals surface area contributed by atoms with E-state index >= 15 is 0 Å². The van der Waals surface area contributed by atoms with Gasteiger partial charge in [0.25, 0.3) is 5.69 Å². The van der Waals surface area contributed by atoms with E-state index in [1.807, 2.05) is 0 Å². The van der Waals surface area contributed by atoms with Crippen LogP contribution in [-0.2, 0) is 4.79 Å². The number of nitrogens with zero attached hydrogens (tertiary/aromatic N) is 1. The van der Waals surface area contributed by atoms with E-state index in [0.29, 0.717) is 11.3 Å². The van der Waals surface area contributed by atoms with Crippen LogP contribution in [0.25, 0.3) is 0 Å². The summed E-state index contributed by atoms with van der Waals surface area (Å²) >= 11 is 3.09. The van der Waals surface area contributed by atoms with Crippen molar-refractivity contribution in [3.8, 4) is 5.75 Å². The Hall–Kier alpha value is -2.25. The topological polar surface area (TPSA) is 89.7 Å². The number of rotatable bonds is 5. The quantitative estimate of drug-likeness (QED) is 0.289. The smallest absolute Gasteiger partial charge is 0.328 e. The van der Waals surface area contributed by atoms with Crippen LogP contribution in [0.15, 0.2) is 54.6 Å². The number of ether oxygens (including phenoxy) is 1. The molecule has 0 heterocycles. The number of carbonyl (C=O) groups is 1. The molecule has 0 aromatic heterocycles. The van der Waals surface area contributed by atoms with Gasteiger partial charge in [0.1, 0.15) is 16.7 Å². The van der Waals surface area contributed by atoms with Gasteiger partial charge in [0.15, 0.2) is 0 Å². The number of halogens is 1. The molecule has 6 nitrogen and oxygen atoms in total. The molecule has 7 heteroatoms. The molecule has 2 aromatic rings. The average molecular weight is 366 g/mol. The zero-order valence-corrected chi connectivity index (χ0v) is 12.8. The number of aliphatic hydroxyl groups excluding tert-OH is 1. The summed E-state index contributed by atoms with van der Waals surface area (Å²) in [5.74, 6) is -0.287. The Labute approximate surface area is 134 Å². The lowest BCUT2D eigenvalue weighted by Gasteiger charge is -2.16. The van der Waals surface area contributed by atoms with E-state index in [9.17, 15) is 20.0 Å². The Balaban J connectivity index is 2.06. The van der Waals surface area contributed by atoms with Crippen molar-refractivity contribution in [2.75, 3.05) is 0 Å². The molecular weight excluding hydrogens is 354 g/mol. The minimum atomic E-state index is -1.18. The van der Waals surface area contributed by atoms with Crippen molar-refractivity contribution in [3.05, 3.63) is 70.3 Å². The molecule has 114 valence electrons. The summed E-state index contributed by atoms with van der Waals surface area (Å²) < 4.78 is 5.13. The zero-order chi connectivity index (χ0) is 16.1. The van der Waals surface area contributed by atoms with Crippen molar-refractivity contribution < 1.29 is 19.6 Å². The second kappa shape index (κ2) is 7.15. The molecule has 22 heavy (non-hydrogen) atoms. The molecule has 0 fully saturated rings. The molecule has 0 aliphatic heterocycles. The maximum absolute atomic E-state index is 12.0. The minimum absolute atomic E-state index is 0.0889. The van der Waals surface area contributed by atoms with Crippen LogP contribution in [0.4, 0.5) is 5.69 Å². The number of alkyl halides is 1. The van der Waals surface area contributed by atoms with Crippen LogP contribution in [0, 0.1) is 10.1 Å². The molecule has 0 saturated carbocycles. The van der Waals surface area contributed by atoms with Crippen LogP contribution in [0.3, 0.4) is 0 Å². The van der Waals surface area contributed by atoms with Gasteiger partial charge in [-0.1, -0.05) is 34.1 Å². The predicted molar refractivity (Wildman–Crippen MR) is 82.8 cm³/mol. The van der Waals surface area contributed by atoms with Gasteiger partial charge in [-0.15, -0.1) is 0 Å². The fraction of sp³-hybridized carbons (Fsp3) is 0.133. The fourth-order valence-electron chi connectivity index (χ4n) is 1.75. The fourth-order valence-corrected chi connectivity index (χ4v) is 2.15. The first-order chi connectivity index (χ1) is 10.5. The summed E-state index contributed by atoms with van der Waals surface area (Å²) in [7, 11) is 0. The zero-order valence-electron chi connectivity index (χ0n) is 11.3. The van der Waals surface area contributed by atoms with Crippen LogP contribution >= 0.6 is 15.9 Å². The normalized spacial score (nSPS) is 13.2. The number of hydrogen-bond acceptors (Lipinski definition) is 5. The summed E-state index contributed by atoms with van der Waals surface area (Å²) in [4.78, 5) is 21.0. The van der Waals surface area contributed by atoms with Gasteiger partial charge in [-0.2, -0.15) is 0 Å². The molecule has 0 spiro atoms. The Bertz CT molecular complexity index is 659. The van der Waals surface area contributed by atoms with E-state index in [1.165, 1.54) is 24.3 Å². The standard InChI is InChI=1S/C15H12BrNO5/c16-13(15(19)22-12-4-2-1-3-5-12)14(18)10-6-8-11(9-7-10)17(20)21/h1-9,13-14,18H. The number of para-hydroxylation sites is 1. The van der Waals surface area contributed by atoms with E-state index in [0.717, 1.165) is 0 Å². The van der Waals surface area contributed by atoms with Crippen molar-refractivity contribution in [1.82, 2.24) is 0 Å². The van der Waals surface area contributed by atoms with E-state index < -0.39 is 21.8 Å². The van der Waals surface area contributed by atoms with Gasteiger partial charge in [0.2, 0.25) is 0 Å². The maximum atomic E-state index is 12.0. The summed E-state index contributed by atoms with van der Waals surface area (Å²) in [5.41, 5.74) is 0.284. The SMILES string of the molecule is O=C(Oc1ccccc1)C(Br)C(O)c1ccc([N+](=O)[O-])cc1. The molecule has 0 amide bonds. The third-order valence-corrected chi connectivity index (χ3v) is 3.78. The molecule has 0 aliphatic rings. The maximum Gasteiger partial charge on any atom is 0.328 e. The first-order valence-electron chi connectivity index (χ1n) is 6.32. The lowest BCUT2D eigenvalue weighted by atomic mass is 10.1. The van der Waals surface area contributed by atoms with Crippen molar-refractivity contribution in [2.45, 2.75) is 10.9 Å². The highest BCUT2D eigenvalue weighted by Gasteiger charge is 2.27. The lowest BCUT2D eigenvalue weighted by molar-refractivity contribution is -0.384. The minimum Gasteiger partial charge on any atom is -0.426 e. The van der Waals surface area contributed by atoms with Gasteiger partial charge in [0, 0.05) is 12.1 Å². The van der Waals surface area contributed by atoms with E-state index in [4.69, 9.17) is 4.74 Å². The van der Waals surface area contributed by atoms with Gasteiger partial charge in [0.05, 0.1) is 4.92 Å². The van der Waals surface area contributed by atoms with Crippen LogP contribution < -0.4 is 4.74 Å². The number of nitro benzene ring substituents is 1. The molecule has 1 N–H and O–H groups in total. The summed E-state index contributed by atoms with van der Waals surface area (Å²) in [6.07, 6.45) is -1.18. The van der Waals surface area contributed by atoms with Crippen molar-refractivity contribution >= 4 is 27.6 Å². The lowest BCUT2D eigenvalue weighted by Crippen LogP contribution is -2.26. The number of nitro groups is 1. The van der Waals surface area contributed by atoms with E-state index in [-0.39, 0.29) is 5.69 Å². The predicted octanol–water partition coefficient (Wildman–Crippen LogP) is 3.00. The third kappa shape index (κ3) is 3.90. The van der Waals surface area contributed by atoms with Gasteiger partial charge < -0.3 is 9.84 Å². The summed E-state index contributed by atoms with van der Waals surface area (Å²) in [5, 5.41) is 20.7. The van der Waals surface area contributed by atoms with Gasteiger partial charge in [-0.05, 0) is 29.8 Å². The molecule has 2 aromatic carbocycles. The number of hydrogen-bond donors (Lipinski definition) is 1. The van der Waals surface area contributed by atoms with Crippen LogP contribution in [0.5, 0.6) is 5.75 Å². The number of benzene rings is 2. The molecule has 2 unspecified atom stereocenters. The monoisotopic (exact) mass is 365 g/mol. The molecule has 0 aliphatic carbocycles. The highest BCUT2D eigenvalue weighted by molar-refractivity contribution is 9.10. The van der Waals surface area contributed by atoms with Crippen LogP contribution in [0.2, 0.25) is 0 Å². The molecule has 0 bridgehead atoms. The number of esters is 1. The third-order valence-electron chi connectivity index (χ3n) is 2.91. The van der Waals surface area contributed by atoms with Crippen molar-refractivity contribution in [1.29, 1.82) is 0 Å². The molecule has 0 saturated heterocycles. The van der Waals surface area contributed by atoms with Crippen molar-refractivity contribution in [3.63, 3.8) is 0 Å². The highest BCUT2D eigenvalue weighted by atomic mass is 79.9. The molecule has 2 rings (SSSR count). The Morgan fingerprint density at radius 3 is 2.27 bits per heavy atom. The molecular formula is C15H12BrNO5. The Morgan fingerprint density at radius 2 is 1.73 bits per heavy atom. The summed E-state index contributed by atoms with van der Waals surface area (Å²) in [6.45, 7) is 0. The number of aliphatic hydroxyl groups is 1. The second-order valence-corrected chi connectivity index (χ2v) is 5.42. The number of carbonyl (C=O) groups excluding carboxylic acids is 1. The van der Waals surface area contributed by atoms with Crippen molar-refractivity contribution in [2.24, 2.45) is 0 Å². The number of non-ortho nitro benzene ring substituents is 1. The first-order valence-corrected chi connectivity index (χ1v) is 7.24. The van der Waals surface area contributed by atoms with Gasteiger partial charge in [-0.3, -0.25) is 14.9 Å². The second-order valence-electron chi connectivity index (χ2n) is 4.43. The van der Waals surface area contributed by atoms with Crippen LogP contribution in [-0.4, -0.2) is 20.8 Å². The largest absolute Gasteiger partial charge is 0.426 e.